The van der Waals surface area contributed by atoms with Crippen LogP contribution in [0.1, 0.15) is 30.5 Å². The number of aromatic nitrogens is 1. The molecule has 1 saturated carbocycles. The zero-order valence-corrected chi connectivity index (χ0v) is 10.6. The van der Waals surface area contributed by atoms with Gasteiger partial charge in [-0.2, -0.15) is 0 Å². The van der Waals surface area contributed by atoms with Gasteiger partial charge in [0.2, 0.25) is 6.20 Å². The average Bonchev–Trinajstić information content (AvgIpc) is 3.00. The smallest absolute Gasteiger partial charge is 0.318 e. The molecule has 0 N–H and O–H groups in total. The van der Waals surface area contributed by atoms with Crippen LogP contribution < -0.4 is 0 Å². The monoisotopic (exact) mass is 268 g/mol. The van der Waals surface area contributed by atoms with E-state index in [0.29, 0.717) is 17.3 Å². The van der Waals surface area contributed by atoms with Gasteiger partial charge in [0.25, 0.3) is 0 Å². The summed E-state index contributed by atoms with van der Waals surface area (Å²) in [5.41, 5.74) is 0.0571. The van der Waals surface area contributed by atoms with Gasteiger partial charge in [-0.05, 0) is 19.8 Å². The van der Waals surface area contributed by atoms with Crippen LogP contribution in [0.25, 0.3) is 6.08 Å². The summed E-state index contributed by atoms with van der Waals surface area (Å²) < 4.78 is 5.03. The molecule has 1 aromatic rings. The first-order chi connectivity index (χ1) is 8.58. The number of nitro groups is 1. The van der Waals surface area contributed by atoms with Crippen molar-refractivity contribution in [3.8, 4) is 0 Å². The van der Waals surface area contributed by atoms with Crippen molar-refractivity contribution < 1.29 is 14.5 Å². The van der Waals surface area contributed by atoms with Gasteiger partial charge in [-0.1, -0.05) is 0 Å². The van der Waals surface area contributed by atoms with Crippen molar-refractivity contribution in [2.45, 2.75) is 25.2 Å². The van der Waals surface area contributed by atoms with Gasteiger partial charge in [0.1, 0.15) is 10.4 Å². The minimum Gasteiger partial charge on any atom is -0.465 e. The summed E-state index contributed by atoms with van der Waals surface area (Å²) in [5.74, 6) is -0.250. The molecule has 1 heterocycles. The van der Waals surface area contributed by atoms with Gasteiger partial charge in [-0.25, -0.2) is 4.98 Å². The molecule has 7 heteroatoms. The fourth-order valence-electron chi connectivity index (χ4n) is 1.67. The maximum Gasteiger partial charge on any atom is 0.318 e. The molecule has 0 bridgehead atoms. The number of rotatable bonds is 5. The molecule has 1 fully saturated rings. The predicted molar refractivity (Wildman–Crippen MR) is 65.7 cm³/mol. The summed E-state index contributed by atoms with van der Waals surface area (Å²) >= 11 is 1.28. The summed E-state index contributed by atoms with van der Waals surface area (Å²) in [5, 5.41) is 12.5. The normalized spacial score (nSPS) is 16.7. The lowest BCUT2D eigenvalue weighted by atomic mass is 10.0. The van der Waals surface area contributed by atoms with Crippen LogP contribution in [0.15, 0.2) is 11.6 Å². The molecule has 0 spiro atoms. The average molecular weight is 268 g/mol. The topological polar surface area (TPSA) is 82.3 Å². The second-order valence-electron chi connectivity index (χ2n) is 3.97. The predicted octanol–water partition coefficient (Wildman–Crippen LogP) is 1.99. The molecule has 1 aliphatic carbocycles. The molecule has 0 aromatic carbocycles. The Hall–Kier alpha value is -1.76. The molecule has 6 nitrogen and oxygen atoms in total. The van der Waals surface area contributed by atoms with Gasteiger partial charge in [0.15, 0.2) is 0 Å². The number of nitrogens with zero attached hydrogens (tertiary/aromatic N) is 2. The van der Waals surface area contributed by atoms with Crippen molar-refractivity contribution in [2.24, 2.45) is 0 Å². The van der Waals surface area contributed by atoms with Crippen molar-refractivity contribution in [1.29, 1.82) is 0 Å². The van der Waals surface area contributed by atoms with Crippen LogP contribution in [0.5, 0.6) is 0 Å². The van der Waals surface area contributed by atoms with Crippen LogP contribution in [-0.4, -0.2) is 22.5 Å². The van der Waals surface area contributed by atoms with Gasteiger partial charge in [-0.15, -0.1) is 11.3 Å². The molecule has 18 heavy (non-hydrogen) atoms. The minimum absolute atomic E-state index is 0.250. The Kier molecular flexibility index (Phi) is 3.42. The van der Waals surface area contributed by atoms with E-state index in [9.17, 15) is 14.9 Å². The molecule has 0 saturated heterocycles. The van der Waals surface area contributed by atoms with Gasteiger partial charge in [0, 0.05) is 11.5 Å². The fourth-order valence-corrected chi connectivity index (χ4v) is 2.47. The second kappa shape index (κ2) is 4.85. The first-order valence-corrected chi connectivity index (χ1v) is 6.41. The highest BCUT2D eigenvalue weighted by Crippen LogP contribution is 2.49. The Morgan fingerprint density at radius 2 is 2.44 bits per heavy atom. The highest BCUT2D eigenvalue weighted by Gasteiger charge is 2.54. The molecule has 0 unspecified atom stereocenters. The molecule has 0 atom stereocenters. The van der Waals surface area contributed by atoms with Gasteiger partial charge in [0.05, 0.1) is 17.2 Å². The highest BCUT2D eigenvalue weighted by atomic mass is 32.1. The Bertz CT molecular complexity index is 505. The third-order valence-electron chi connectivity index (χ3n) is 2.77. The number of esters is 1. The van der Waals surface area contributed by atoms with E-state index in [0.717, 1.165) is 19.0 Å². The lowest BCUT2D eigenvalue weighted by Crippen LogP contribution is -2.23. The number of hydrogen-bond acceptors (Lipinski definition) is 6. The summed E-state index contributed by atoms with van der Waals surface area (Å²) in [6.07, 6.45) is 3.63. The Morgan fingerprint density at radius 1 is 1.72 bits per heavy atom. The number of carbonyl (C=O) groups excluding carboxylic acids is 1. The molecule has 0 aliphatic heterocycles. The van der Waals surface area contributed by atoms with Crippen LogP contribution in [-0.2, 0) is 14.9 Å². The molecule has 0 amide bonds. The number of carbonyl (C=O) groups is 1. The molecular formula is C11H12N2O4S. The molecule has 1 aromatic heterocycles. The van der Waals surface area contributed by atoms with E-state index < -0.39 is 10.3 Å². The minimum atomic E-state index is -0.604. The van der Waals surface area contributed by atoms with Crippen molar-refractivity contribution in [1.82, 2.24) is 4.98 Å². The van der Waals surface area contributed by atoms with Gasteiger partial charge in [-0.3, -0.25) is 14.9 Å². The molecule has 1 aliphatic rings. The van der Waals surface area contributed by atoms with E-state index in [4.69, 9.17) is 4.74 Å². The van der Waals surface area contributed by atoms with E-state index >= 15 is 0 Å². The van der Waals surface area contributed by atoms with Gasteiger partial charge >= 0.3 is 5.97 Å². The maximum atomic E-state index is 11.8. The standard InChI is InChI=1S/C11H12N2O4S/c1-2-17-10(14)11(4-5-11)8-7-18-9(12-8)3-6-13(15)16/h3,6-7H,2,4-5H2,1H3/b6-3+. The summed E-state index contributed by atoms with van der Waals surface area (Å²) in [4.78, 5) is 25.7. The first-order valence-electron chi connectivity index (χ1n) is 5.53. The summed E-state index contributed by atoms with van der Waals surface area (Å²) in [6.45, 7) is 2.11. The van der Waals surface area contributed by atoms with Crippen molar-refractivity contribution in [3.05, 3.63) is 32.4 Å². The SMILES string of the molecule is CCOC(=O)C1(c2csc(/C=C/[N+](=O)[O-])n2)CC1. The van der Waals surface area contributed by atoms with E-state index in [-0.39, 0.29) is 5.97 Å². The second-order valence-corrected chi connectivity index (χ2v) is 4.86. The highest BCUT2D eigenvalue weighted by molar-refractivity contribution is 7.10. The lowest BCUT2D eigenvalue weighted by molar-refractivity contribution is -0.400. The van der Waals surface area contributed by atoms with Crippen molar-refractivity contribution in [2.75, 3.05) is 6.61 Å². The largest absolute Gasteiger partial charge is 0.465 e. The quantitative estimate of drug-likeness (QED) is 0.463. The third-order valence-corrected chi connectivity index (χ3v) is 3.58. The summed E-state index contributed by atoms with van der Waals surface area (Å²) in [6, 6.07) is 0. The third kappa shape index (κ3) is 2.40. The Morgan fingerprint density at radius 3 is 3.00 bits per heavy atom. The zero-order chi connectivity index (χ0) is 13.2. The Labute approximate surface area is 107 Å². The van der Waals surface area contributed by atoms with Gasteiger partial charge < -0.3 is 4.74 Å². The summed E-state index contributed by atoms with van der Waals surface area (Å²) in [7, 11) is 0. The number of hydrogen-bond donors (Lipinski definition) is 0. The maximum absolute atomic E-state index is 11.8. The van der Waals surface area contributed by atoms with Crippen molar-refractivity contribution in [3.63, 3.8) is 0 Å². The van der Waals surface area contributed by atoms with Crippen molar-refractivity contribution >= 4 is 23.4 Å². The zero-order valence-electron chi connectivity index (χ0n) is 9.79. The van der Waals surface area contributed by atoms with E-state index in [1.54, 1.807) is 12.3 Å². The van der Waals surface area contributed by atoms with Crippen LogP contribution in [0.4, 0.5) is 0 Å². The lowest BCUT2D eigenvalue weighted by Gasteiger charge is -2.10. The molecule has 96 valence electrons. The van der Waals surface area contributed by atoms with Crippen LogP contribution in [0.2, 0.25) is 0 Å². The van der Waals surface area contributed by atoms with E-state index in [2.05, 4.69) is 4.98 Å². The van der Waals surface area contributed by atoms with Crippen LogP contribution in [0, 0.1) is 10.1 Å². The number of thiazole rings is 1. The fraction of sp³-hybridized carbons (Fsp3) is 0.455. The molecular weight excluding hydrogens is 256 g/mol. The molecule has 0 radical (unpaired) electrons. The van der Waals surface area contributed by atoms with Crippen LogP contribution in [0.3, 0.4) is 0 Å². The first kappa shape index (κ1) is 12.7. The Balaban J connectivity index is 2.15. The van der Waals surface area contributed by atoms with E-state index in [1.165, 1.54) is 17.4 Å². The molecule has 2 rings (SSSR count). The van der Waals surface area contributed by atoms with Crippen LogP contribution >= 0.6 is 11.3 Å². The van der Waals surface area contributed by atoms with E-state index in [1.807, 2.05) is 0 Å². The number of ether oxygens (including phenoxy) is 1.